The summed E-state index contributed by atoms with van der Waals surface area (Å²) in [5.41, 5.74) is 0. The Morgan fingerprint density at radius 2 is 2.17 bits per heavy atom. The summed E-state index contributed by atoms with van der Waals surface area (Å²) in [6.07, 6.45) is 2.43. The summed E-state index contributed by atoms with van der Waals surface area (Å²) >= 11 is 6.67. The first-order chi connectivity index (χ1) is 11.1. The second kappa shape index (κ2) is 7.43. The van der Waals surface area contributed by atoms with Crippen LogP contribution in [-0.4, -0.2) is 68.2 Å². The Balaban J connectivity index is 1.49. The molecule has 0 amide bonds. The monoisotopic (exact) mass is 375 g/mol. The molecule has 6 nitrogen and oxygen atoms in total. The van der Waals surface area contributed by atoms with Crippen LogP contribution < -0.4 is 5.32 Å². The predicted molar refractivity (Wildman–Crippen MR) is 94.2 cm³/mol. The van der Waals surface area contributed by atoms with Crippen molar-refractivity contribution in [1.82, 2.24) is 14.5 Å². The minimum Gasteiger partial charge on any atom is -0.376 e. The average Bonchev–Trinajstić information content (AvgIpc) is 3.26. The van der Waals surface area contributed by atoms with Gasteiger partial charge in [-0.25, -0.2) is 8.42 Å². The van der Waals surface area contributed by atoms with Crippen molar-refractivity contribution in [2.45, 2.75) is 23.2 Å². The number of thiophene rings is 1. The zero-order valence-electron chi connectivity index (χ0n) is 12.8. The molecule has 3 heterocycles. The van der Waals surface area contributed by atoms with E-state index in [-0.39, 0.29) is 6.10 Å². The first-order valence-corrected chi connectivity index (χ1v) is 10.5. The van der Waals surface area contributed by atoms with Gasteiger partial charge in [0.05, 0.1) is 6.10 Å². The van der Waals surface area contributed by atoms with Crippen molar-refractivity contribution in [3.63, 3.8) is 0 Å². The molecule has 2 aliphatic rings. The average molecular weight is 376 g/mol. The highest BCUT2D eigenvalue weighted by Gasteiger charge is 2.30. The summed E-state index contributed by atoms with van der Waals surface area (Å²) < 4.78 is 32.5. The Labute approximate surface area is 146 Å². The van der Waals surface area contributed by atoms with E-state index in [1.54, 1.807) is 17.5 Å². The van der Waals surface area contributed by atoms with E-state index in [0.29, 0.717) is 35.5 Å². The van der Waals surface area contributed by atoms with Crippen LogP contribution in [0.25, 0.3) is 0 Å². The molecule has 0 radical (unpaired) electrons. The number of nitrogens with zero attached hydrogens (tertiary/aromatic N) is 2. The van der Waals surface area contributed by atoms with Crippen molar-refractivity contribution >= 4 is 38.7 Å². The third-order valence-electron chi connectivity index (χ3n) is 4.12. The third kappa shape index (κ3) is 4.03. The van der Waals surface area contributed by atoms with E-state index in [4.69, 9.17) is 17.0 Å². The van der Waals surface area contributed by atoms with Crippen molar-refractivity contribution < 1.29 is 13.2 Å². The summed E-state index contributed by atoms with van der Waals surface area (Å²) in [4.78, 5) is 2.03. The van der Waals surface area contributed by atoms with Gasteiger partial charge in [-0.1, -0.05) is 6.07 Å². The van der Waals surface area contributed by atoms with Gasteiger partial charge < -0.3 is 15.0 Å². The van der Waals surface area contributed by atoms with E-state index in [1.165, 1.54) is 15.6 Å². The molecule has 128 valence electrons. The molecular weight excluding hydrogens is 354 g/mol. The maximum absolute atomic E-state index is 12.5. The molecule has 1 aromatic rings. The summed E-state index contributed by atoms with van der Waals surface area (Å²) in [5.74, 6) is 0. The summed E-state index contributed by atoms with van der Waals surface area (Å²) in [5, 5.41) is 5.72. The van der Waals surface area contributed by atoms with Crippen LogP contribution in [0.4, 0.5) is 0 Å². The van der Waals surface area contributed by atoms with E-state index >= 15 is 0 Å². The fourth-order valence-corrected chi connectivity index (χ4v) is 5.62. The largest absolute Gasteiger partial charge is 0.376 e. The second-order valence-corrected chi connectivity index (χ2v) is 9.14. The lowest BCUT2D eigenvalue weighted by Gasteiger charge is -2.35. The summed E-state index contributed by atoms with van der Waals surface area (Å²) in [6, 6.07) is 3.41. The first-order valence-electron chi connectivity index (χ1n) is 7.75. The lowest BCUT2D eigenvalue weighted by Crippen LogP contribution is -2.53. The van der Waals surface area contributed by atoms with Crippen LogP contribution in [0.2, 0.25) is 0 Å². The smallest absolute Gasteiger partial charge is 0.252 e. The van der Waals surface area contributed by atoms with Crippen LogP contribution in [-0.2, 0) is 14.8 Å². The van der Waals surface area contributed by atoms with Crippen molar-refractivity contribution in [3.05, 3.63) is 17.5 Å². The number of hydrogen-bond acceptors (Lipinski definition) is 5. The maximum atomic E-state index is 12.5. The van der Waals surface area contributed by atoms with E-state index in [1.807, 2.05) is 4.90 Å². The molecule has 0 bridgehead atoms. The van der Waals surface area contributed by atoms with Crippen LogP contribution in [0, 0.1) is 0 Å². The van der Waals surface area contributed by atoms with Crippen molar-refractivity contribution in [2.24, 2.45) is 0 Å². The molecule has 9 heteroatoms. The Kier molecular flexibility index (Phi) is 5.53. The standard InChI is InChI=1S/C14H21N3O3S3/c18-23(19,13-4-2-10-22-13)17-7-5-16(6-8-17)14(21)15-11-12-3-1-9-20-12/h2,4,10,12H,1,3,5-9,11H2,(H,15,21)/t12-/m1/s1. The van der Waals surface area contributed by atoms with Gasteiger partial charge in [-0.3, -0.25) is 0 Å². The van der Waals surface area contributed by atoms with Gasteiger partial charge in [0, 0.05) is 39.3 Å². The van der Waals surface area contributed by atoms with Crippen LogP contribution in [0.5, 0.6) is 0 Å². The topological polar surface area (TPSA) is 61.9 Å². The lowest BCUT2D eigenvalue weighted by molar-refractivity contribution is 0.113. The van der Waals surface area contributed by atoms with Gasteiger partial charge in [0.25, 0.3) is 10.0 Å². The predicted octanol–water partition coefficient (Wildman–Crippen LogP) is 1.11. The summed E-state index contributed by atoms with van der Waals surface area (Å²) in [6.45, 7) is 3.71. The molecule has 2 fully saturated rings. The molecule has 0 unspecified atom stereocenters. The number of sulfonamides is 1. The number of nitrogens with one attached hydrogen (secondary N) is 1. The van der Waals surface area contributed by atoms with Gasteiger partial charge >= 0.3 is 0 Å². The molecule has 2 saturated heterocycles. The Morgan fingerprint density at radius 1 is 1.39 bits per heavy atom. The van der Waals surface area contributed by atoms with Gasteiger partial charge in [-0.2, -0.15) is 4.31 Å². The molecule has 1 atom stereocenters. The van der Waals surface area contributed by atoms with Gasteiger partial charge in [0.1, 0.15) is 4.21 Å². The molecule has 0 saturated carbocycles. The van der Waals surface area contributed by atoms with Crippen molar-refractivity contribution in [1.29, 1.82) is 0 Å². The van der Waals surface area contributed by atoms with Gasteiger partial charge in [0.2, 0.25) is 0 Å². The van der Waals surface area contributed by atoms with Gasteiger partial charge in [-0.05, 0) is 36.5 Å². The molecule has 0 aromatic carbocycles. The molecule has 0 spiro atoms. The van der Waals surface area contributed by atoms with Crippen LogP contribution >= 0.6 is 23.6 Å². The highest BCUT2D eigenvalue weighted by atomic mass is 32.2. The summed E-state index contributed by atoms with van der Waals surface area (Å²) in [7, 11) is -3.35. The van der Waals surface area contributed by atoms with E-state index in [9.17, 15) is 8.42 Å². The Hall–Kier alpha value is -0.740. The molecular formula is C14H21N3O3S3. The molecule has 0 aliphatic carbocycles. The molecule has 1 N–H and O–H groups in total. The fourth-order valence-electron chi connectivity index (χ4n) is 2.79. The normalized spacial score (nSPS) is 23.1. The van der Waals surface area contributed by atoms with Crippen LogP contribution in [0.15, 0.2) is 21.7 Å². The SMILES string of the molecule is O=S(=O)(c1cccs1)N1CCN(C(=S)NC[C@H]2CCCO2)CC1. The van der Waals surface area contributed by atoms with E-state index < -0.39 is 10.0 Å². The quantitative estimate of drug-likeness (QED) is 0.796. The highest BCUT2D eigenvalue weighted by molar-refractivity contribution is 7.91. The van der Waals surface area contributed by atoms with E-state index in [0.717, 1.165) is 26.0 Å². The minimum atomic E-state index is -3.35. The zero-order chi connectivity index (χ0) is 16.3. The number of hydrogen-bond donors (Lipinski definition) is 1. The number of piperazine rings is 1. The molecule has 3 rings (SSSR count). The first kappa shape index (κ1) is 17.1. The number of ether oxygens (including phenoxy) is 1. The molecule has 23 heavy (non-hydrogen) atoms. The number of rotatable bonds is 4. The van der Waals surface area contributed by atoms with Crippen LogP contribution in [0.1, 0.15) is 12.8 Å². The molecule has 1 aromatic heterocycles. The minimum absolute atomic E-state index is 0.244. The highest BCUT2D eigenvalue weighted by Crippen LogP contribution is 2.22. The molecule has 2 aliphatic heterocycles. The second-order valence-electron chi connectivity index (χ2n) is 5.64. The van der Waals surface area contributed by atoms with Gasteiger partial charge in [-0.15, -0.1) is 11.3 Å². The maximum Gasteiger partial charge on any atom is 0.252 e. The Morgan fingerprint density at radius 3 is 2.78 bits per heavy atom. The van der Waals surface area contributed by atoms with Crippen molar-refractivity contribution in [3.8, 4) is 0 Å². The third-order valence-corrected chi connectivity index (χ3v) is 7.79. The van der Waals surface area contributed by atoms with E-state index in [2.05, 4.69) is 5.32 Å². The van der Waals surface area contributed by atoms with Crippen molar-refractivity contribution in [2.75, 3.05) is 39.3 Å². The van der Waals surface area contributed by atoms with Gasteiger partial charge in [0.15, 0.2) is 5.11 Å². The zero-order valence-corrected chi connectivity index (χ0v) is 15.3. The lowest BCUT2D eigenvalue weighted by atomic mass is 10.2. The fraction of sp³-hybridized carbons (Fsp3) is 0.643. The van der Waals surface area contributed by atoms with Crippen LogP contribution in [0.3, 0.4) is 0 Å². The Bertz CT molecular complexity index is 619. The number of thiocarbonyl (C=S) groups is 1.